The molecule has 2 heterocycles. The maximum absolute atomic E-state index is 13.0. The van der Waals surface area contributed by atoms with Crippen molar-refractivity contribution in [1.29, 1.82) is 0 Å². The zero-order valence-corrected chi connectivity index (χ0v) is 19.4. The Bertz CT molecular complexity index is 1040. The summed E-state index contributed by atoms with van der Waals surface area (Å²) in [6, 6.07) is 3.15. The zero-order chi connectivity index (χ0) is 25.3. The third-order valence-electron chi connectivity index (χ3n) is 6.54. The molecule has 12 heteroatoms. The molecule has 3 aliphatic rings. The van der Waals surface area contributed by atoms with Crippen LogP contribution in [0, 0.1) is 11.8 Å². The number of likely N-dealkylation sites (tertiary alicyclic amines) is 1. The van der Waals surface area contributed by atoms with Crippen molar-refractivity contribution >= 4 is 40.9 Å². The SMILES string of the molecule is O=C(CN1CCN(C(=O)CN2C(=O)[C@H]3CC=CC[C@H]3C2=O)CC1)Nc1ccc(Cl)c(C(F)(F)F)c1. The summed E-state index contributed by atoms with van der Waals surface area (Å²) >= 11 is 5.60. The van der Waals surface area contributed by atoms with Gasteiger partial charge in [0.15, 0.2) is 0 Å². The Morgan fingerprint density at radius 3 is 2.14 bits per heavy atom. The van der Waals surface area contributed by atoms with Gasteiger partial charge in [-0.15, -0.1) is 0 Å². The van der Waals surface area contributed by atoms with Gasteiger partial charge >= 0.3 is 6.18 Å². The predicted molar refractivity (Wildman–Crippen MR) is 120 cm³/mol. The Labute approximate surface area is 204 Å². The van der Waals surface area contributed by atoms with Crippen molar-refractivity contribution in [2.24, 2.45) is 11.8 Å². The predicted octanol–water partition coefficient (Wildman–Crippen LogP) is 2.39. The molecule has 1 aliphatic carbocycles. The number of nitrogens with zero attached hydrogens (tertiary/aromatic N) is 3. The minimum absolute atomic E-state index is 0.0174. The van der Waals surface area contributed by atoms with Crippen LogP contribution in [0.15, 0.2) is 30.4 Å². The van der Waals surface area contributed by atoms with Crippen LogP contribution in [0.3, 0.4) is 0 Å². The lowest BCUT2D eigenvalue weighted by Crippen LogP contribution is -2.53. The third kappa shape index (κ3) is 5.51. The Morgan fingerprint density at radius 2 is 1.57 bits per heavy atom. The first-order chi connectivity index (χ1) is 16.5. The molecule has 0 unspecified atom stereocenters. The lowest BCUT2D eigenvalue weighted by atomic mass is 9.85. The molecule has 1 N–H and O–H groups in total. The van der Waals surface area contributed by atoms with Crippen molar-refractivity contribution in [2.75, 3.05) is 44.6 Å². The lowest BCUT2D eigenvalue weighted by molar-refractivity contribution is -0.147. The molecule has 2 fully saturated rings. The summed E-state index contributed by atoms with van der Waals surface area (Å²) in [7, 11) is 0. The number of halogens is 4. The van der Waals surface area contributed by atoms with Gasteiger partial charge in [-0.3, -0.25) is 29.0 Å². The normalized spacial score (nSPS) is 23.0. The fraction of sp³-hybridized carbons (Fsp3) is 0.478. The Morgan fingerprint density at radius 1 is 0.971 bits per heavy atom. The molecule has 4 amide bonds. The minimum atomic E-state index is -4.64. The van der Waals surface area contributed by atoms with Gasteiger partial charge in [-0.05, 0) is 31.0 Å². The lowest BCUT2D eigenvalue weighted by Gasteiger charge is -2.35. The molecule has 0 radical (unpaired) electrons. The first-order valence-electron chi connectivity index (χ1n) is 11.2. The van der Waals surface area contributed by atoms with Crippen LogP contribution in [0.25, 0.3) is 0 Å². The fourth-order valence-electron chi connectivity index (χ4n) is 4.64. The largest absolute Gasteiger partial charge is 0.417 e. The van der Waals surface area contributed by atoms with E-state index in [0.29, 0.717) is 39.0 Å². The molecular formula is C23H24ClF3N4O4. The highest BCUT2D eigenvalue weighted by Crippen LogP contribution is 2.36. The highest BCUT2D eigenvalue weighted by atomic mass is 35.5. The summed E-state index contributed by atoms with van der Waals surface area (Å²) in [5.74, 6) is -2.20. The van der Waals surface area contributed by atoms with Crippen molar-refractivity contribution in [3.05, 3.63) is 40.9 Å². The molecular weight excluding hydrogens is 489 g/mol. The number of piperazine rings is 1. The number of alkyl halides is 3. The van der Waals surface area contributed by atoms with Crippen molar-refractivity contribution in [3.8, 4) is 0 Å². The maximum atomic E-state index is 13.0. The molecule has 0 saturated carbocycles. The van der Waals surface area contributed by atoms with E-state index >= 15 is 0 Å². The van der Waals surface area contributed by atoms with E-state index < -0.39 is 22.7 Å². The van der Waals surface area contributed by atoms with E-state index in [0.717, 1.165) is 17.0 Å². The molecule has 2 atom stereocenters. The number of nitrogens with one attached hydrogen (secondary N) is 1. The van der Waals surface area contributed by atoms with E-state index in [2.05, 4.69) is 5.32 Å². The van der Waals surface area contributed by atoms with Gasteiger partial charge < -0.3 is 10.2 Å². The average molecular weight is 513 g/mol. The van der Waals surface area contributed by atoms with Crippen LogP contribution < -0.4 is 5.32 Å². The number of carbonyl (C=O) groups is 4. The molecule has 1 aromatic rings. The number of amides is 4. The third-order valence-corrected chi connectivity index (χ3v) is 6.87. The van der Waals surface area contributed by atoms with Gasteiger partial charge in [0, 0.05) is 31.9 Å². The molecule has 188 valence electrons. The van der Waals surface area contributed by atoms with Gasteiger partial charge in [0.1, 0.15) is 6.54 Å². The van der Waals surface area contributed by atoms with Crippen LogP contribution in [0.5, 0.6) is 0 Å². The highest BCUT2D eigenvalue weighted by Gasteiger charge is 2.48. The number of hydrogen-bond acceptors (Lipinski definition) is 5. The molecule has 2 aliphatic heterocycles. The van der Waals surface area contributed by atoms with Crippen LogP contribution in [-0.2, 0) is 25.4 Å². The summed E-state index contributed by atoms with van der Waals surface area (Å²) < 4.78 is 39.0. The standard InChI is InChI=1S/C23H24ClF3N4O4/c24-18-6-5-14(11-17(18)23(25,26)27)28-19(32)12-29-7-9-30(10-8-29)20(33)13-31-21(34)15-3-1-2-4-16(15)22(31)35/h1-2,5-6,11,15-16H,3-4,7-10,12-13H2,(H,28,32)/t15-,16+. The first-order valence-corrected chi connectivity index (χ1v) is 11.6. The fourth-order valence-corrected chi connectivity index (χ4v) is 4.86. The number of anilines is 1. The van der Waals surface area contributed by atoms with Crippen LogP contribution in [0.4, 0.5) is 18.9 Å². The van der Waals surface area contributed by atoms with E-state index in [1.165, 1.54) is 6.07 Å². The quantitative estimate of drug-likeness (QED) is 0.483. The van der Waals surface area contributed by atoms with E-state index in [1.54, 1.807) is 9.80 Å². The van der Waals surface area contributed by atoms with Gasteiger partial charge in [0.25, 0.3) is 0 Å². The van der Waals surface area contributed by atoms with Crippen LogP contribution in [-0.4, -0.2) is 77.6 Å². The zero-order valence-electron chi connectivity index (χ0n) is 18.7. The number of carbonyl (C=O) groups excluding carboxylic acids is 4. The van der Waals surface area contributed by atoms with Gasteiger partial charge in [-0.1, -0.05) is 23.8 Å². The average Bonchev–Trinajstić information content (AvgIpc) is 3.05. The highest BCUT2D eigenvalue weighted by molar-refractivity contribution is 6.31. The molecule has 0 bridgehead atoms. The van der Waals surface area contributed by atoms with Gasteiger partial charge in [0.2, 0.25) is 23.6 Å². The van der Waals surface area contributed by atoms with Crippen molar-refractivity contribution in [1.82, 2.24) is 14.7 Å². The summed E-state index contributed by atoms with van der Waals surface area (Å²) in [4.78, 5) is 54.6. The van der Waals surface area contributed by atoms with E-state index in [-0.39, 0.29) is 48.3 Å². The van der Waals surface area contributed by atoms with Crippen LogP contribution in [0.1, 0.15) is 18.4 Å². The number of rotatable bonds is 5. The summed E-state index contributed by atoms with van der Waals surface area (Å²) in [5, 5.41) is 1.98. The molecule has 2 saturated heterocycles. The smallest absolute Gasteiger partial charge is 0.339 e. The van der Waals surface area contributed by atoms with Gasteiger partial charge in [0.05, 0.1) is 29.0 Å². The summed E-state index contributed by atoms with van der Waals surface area (Å²) in [6.45, 7) is 0.982. The van der Waals surface area contributed by atoms with Crippen molar-refractivity contribution < 1.29 is 32.3 Å². The molecule has 0 aromatic heterocycles. The van der Waals surface area contributed by atoms with Crippen LogP contribution >= 0.6 is 11.6 Å². The second-order valence-corrected chi connectivity index (χ2v) is 9.22. The number of fused-ring (bicyclic) bond motifs is 1. The Hall–Kier alpha value is -2.92. The summed E-state index contributed by atoms with van der Waals surface area (Å²) in [6.07, 6.45) is 0.146. The molecule has 4 rings (SSSR count). The monoisotopic (exact) mass is 512 g/mol. The van der Waals surface area contributed by atoms with E-state index in [4.69, 9.17) is 11.6 Å². The topological polar surface area (TPSA) is 90.0 Å². The molecule has 8 nitrogen and oxygen atoms in total. The van der Waals surface area contributed by atoms with Crippen molar-refractivity contribution in [3.63, 3.8) is 0 Å². The second kappa shape index (κ2) is 9.98. The van der Waals surface area contributed by atoms with Gasteiger partial charge in [-0.25, -0.2) is 0 Å². The Kier molecular flexibility index (Phi) is 7.18. The van der Waals surface area contributed by atoms with E-state index in [9.17, 15) is 32.3 Å². The van der Waals surface area contributed by atoms with Crippen LogP contribution in [0.2, 0.25) is 5.02 Å². The molecule has 1 aromatic carbocycles. The summed E-state index contributed by atoms with van der Waals surface area (Å²) in [5.41, 5.74) is -1.05. The molecule has 35 heavy (non-hydrogen) atoms. The second-order valence-electron chi connectivity index (χ2n) is 8.82. The number of allylic oxidation sites excluding steroid dienone is 2. The minimum Gasteiger partial charge on any atom is -0.339 e. The Balaban J connectivity index is 1.25. The van der Waals surface area contributed by atoms with Crippen molar-refractivity contribution in [2.45, 2.75) is 19.0 Å². The van der Waals surface area contributed by atoms with E-state index in [1.807, 2.05) is 12.2 Å². The number of imide groups is 1. The molecule has 0 spiro atoms. The maximum Gasteiger partial charge on any atom is 0.417 e. The number of benzene rings is 1. The first kappa shape index (κ1) is 25.2. The number of hydrogen-bond donors (Lipinski definition) is 1. The van der Waals surface area contributed by atoms with Gasteiger partial charge in [-0.2, -0.15) is 13.2 Å².